The van der Waals surface area contributed by atoms with Gasteiger partial charge in [-0.1, -0.05) is 13.3 Å². The third-order valence-corrected chi connectivity index (χ3v) is 5.09. The van der Waals surface area contributed by atoms with Crippen molar-refractivity contribution in [1.82, 2.24) is 14.8 Å². The predicted octanol–water partition coefficient (Wildman–Crippen LogP) is 1.41. The first-order valence-corrected chi connectivity index (χ1v) is 8.34. The van der Waals surface area contributed by atoms with Crippen LogP contribution in [0.2, 0.25) is 0 Å². The smallest absolute Gasteiger partial charge is 0.180 e. The van der Waals surface area contributed by atoms with Crippen molar-refractivity contribution in [3.63, 3.8) is 0 Å². The normalized spacial score (nSPS) is 28.4. The molecule has 2 saturated heterocycles. The number of thiazole rings is 1. The maximum absolute atomic E-state index is 5.81. The number of rotatable bonds is 4. The molecule has 0 amide bonds. The summed E-state index contributed by atoms with van der Waals surface area (Å²) >= 11 is 1.60. The molecule has 0 aromatic carbocycles. The minimum Gasteiger partial charge on any atom is -0.378 e. The maximum atomic E-state index is 5.81. The fourth-order valence-electron chi connectivity index (χ4n) is 3.34. The molecule has 6 heteroatoms. The number of hydrogen-bond acceptors (Lipinski definition) is 6. The van der Waals surface area contributed by atoms with E-state index in [1.54, 1.807) is 11.3 Å². The van der Waals surface area contributed by atoms with E-state index in [1.165, 1.54) is 17.7 Å². The topological polar surface area (TPSA) is 54.6 Å². The van der Waals surface area contributed by atoms with E-state index in [9.17, 15) is 0 Å². The van der Waals surface area contributed by atoms with Crippen molar-refractivity contribution in [3.05, 3.63) is 11.1 Å². The Kier molecular flexibility index (Phi) is 4.55. The third-order valence-electron chi connectivity index (χ3n) is 4.27. The molecule has 0 radical (unpaired) electrons. The molecule has 0 bridgehead atoms. The number of ether oxygens (including phenoxy) is 1. The molecule has 2 N–H and O–H groups in total. The quantitative estimate of drug-likeness (QED) is 0.910. The van der Waals surface area contributed by atoms with Crippen molar-refractivity contribution >= 4 is 16.5 Å². The molecule has 20 heavy (non-hydrogen) atoms. The number of piperazine rings is 1. The zero-order chi connectivity index (χ0) is 13.9. The second kappa shape index (κ2) is 6.39. The maximum Gasteiger partial charge on any atom is 0.180 e. The molecule has 2 fully saturated rings. The lowest BCUT2D eigenvalue weighted by Crippen LogP contribution is -2.61. The van der Waals surface area contributed by atoms with Gasteiger partial charge < -0.3 is 10.5 Å². The number of morpholine rings is 1. The average Bonchev–Trinajstić information content (AvgIpc) is 2.84. The Labute approximate surface area is 124 Å². The first-order valence-electron chi connectivity index (χ1n) is 7.52. The van der Waals surface area contributed by atoms with Crippen LogP contribution in [0.1, 0.15) is 24.6 Å². The van der Waals surface area contributed by atoms with Gasteiger partial charge in [-0.25, -0.2) is 4.98 Å². The molecule has 1 aromatic heterocycles. The average molecular weight is 296 g/mol. The van der Waals surface area contributed by atoms with E-state index in [0.29, 0.717) is 17.2 Å². The van der Waals surface area contributed by atoms with Gasteiger partial charge in [-0.2, -0.15) is 0 Å². The fourth-order valence-corrected chi connectivity index (χ4v) is 4.07. The molecular weight excluding hydrogens is 272 g/mol. The summed E-state index contributed by atoms with van der Waals surface area (Å²) in [6.45, 7) is 8.41. The summed E-state index contributed by atoms with van der Waals surface area (Å²) in [4.78, 5) is 10.6. The third kappa shape index (κ3) is 3.14. The number of aromatic nitrogens is 1. The van der Waals surface area contributed by atoms with Gasteiger partial charge in [-0.15, -0.1) is 11.3 Å². The number of nitrogens with two attached hydrogens (primary N) is 1. The number of nitrogen functional groups attached to an aromatic ring is 1. The summed E-state index contributed by atoms with van der Waals surface area (Å²) < 4.78 is 5.81. The minimum atomic E-state index is 0.555. The predicted molar refractivity (Wildman–Crippen MR) is 81.8 cm³/mol. The highest BCUT2D eigenvalue weighted by Gasteiger charge is 2.35. The van der Waals surface area contributed by atoms with Crippen LogP contribution in [0, 0.1) is 0 Å². The molecule has 2 aliphatic rings. The van der Waals surface area contributed by atoms with E-state index in [-0.39, 0.29) is 0 Å². The summed E-state index contributed by atoms with van der Waals surface area (Å²) in [5.41, 5.74) is 5.70. The molecule has 5 nitrogen and oxygen atoms in total. The van der Waals surface area contributed by atoms with Gasteiger partial charge in [0.05, 0.1) is 13.2 Å². The van der Waals surface area contributed by atoms with Crippen molar-refractivity contribution in [2.24, 2.45) is 0 Å². The van der Waals surface area contributed by atoms with Crippen molar-refractivity contribution in [1.29, 1.82) is 0 Å². The fraction of sp³-hybridized carbons (Fsp3) is 0.786. The Morgan fingerprint density at radius 2 is 2.35 bits per heavy atom. The lowest BCUT2D eigenvalue weighted by atomic mass is 10.0. The second-order valence-corrected chi connectivity index (χ2v) is 6.92. The SMILES string of the molecule is CCC[C@H]1COC[C@H]2CN(Cc3cnc(N)s3)CCN12. The van der Waals surface area contributed by atoms with E-state index in [1.807, 2.05) is 6.20 Å². The molecule has 112 valence electrons. The second-order valence-electron chi connectivity index (χ2n) is 5.77. The van der Waals surface area contributed by atoms with Crippen molar-refractivity contribution in [3.8, 4) is 0 Å². The Morgan fingerprint density at radius 3 is 3.10 bits per heavy atom. The summed E-state index contributed by atoms with van der Waals surface area (Å²) in [6, 6.07) is 1.18. The first-order chi connectivity index (χ1) is 9.76. The van der Waals surface area contributed by atoms with Gasteiger partial charge in [0.25, 0.3) is 0 Å². The van der Waals surface area contributed by atoms with Crippen LogP contribution in [-0.4, -0.2) is 59.7 Å². The Morgan fingerprint density at radius 1 is 1.45 bits per heavy atom. The van der Waals surface area contributed by atoms with E-state index in [0.717, 1.165) is 39.4 Å². The molecule has 0 saturated carbocycles. The van der Waals surface area contributed by atoms with Crippen molar-refractivity contribution < 1.29 is 4.74 Å². The van der Waals surface area contributed by atoms with Gasteiger partial charge in [0, 0.05) is 49.3 Å². The van der Waals surface area contributed by atoms with Crippen LogP contribution in [0.4, 0.5) is 5.13 Å². The highest BCUT2D eigenvalue weighted by Crippen LogP contribution is 2.24. The van der Waals surface area contributed by atoms with Gasteiger partial charge in [-0.05, 0) is 6.42 Å². The monoisotopic (exact) mass is 296 g/mol. The van der Waals surface area contributed by atoms with Crippen LogP contribution in [0.15, 0.2) is 6.20 Å². The van der Waals surface area contributed by atoms with Gasteiger partial charge in [0.1, 0.15) is 0 Å². The largest absolute Gasteiger partial charge is 0.378 e. The van der Waals surface area contributed by atoms with Crippen molar-refractivity contribution in [2.45, 2.75) is 38.4 Å². The highest BCUT2D eigenvalue weighted by atomic mass is 32.1. The summed E-state index contributed by atoms with van der Waals surface area (Å²) in [6.07, 6.45) is 4.40. The molecule has 3 rings (SSSR count). The number of nitrogens with zero attached hydrogens (tertiary/aromatic N) is 3. The van der Waals surface area contributed by atoms with E-state index in [4.69, 9.17) is 10.5 Å². The lowest BCUT2D eigenvalue weighted by Gasteiger charge is -2.48. The molecule has 2 aliphatic heterocycles. The van der Waals surface area contributed by atoms with Gasteiger partial charge >= 0.3 is 0 Å². The standard InChI is InChI=1S/C14H24N4OS/c1-2-3-11-9-19-10-12-7-17(4-5-18(11)12)8-13-6-16-14(15)20-13/h6,11-12H,2-5,7-10H2,1H3,(H2,15,16)/t11-,12+/m0/s1. The van der Waals surface area contributed by atoms with Gasteiger partial charge in [0.15, 0.2) is 5.13 Å². The highest BCUT2D eigenvalue weighted by molar-refractivity contribution is 7.15. The molecule has 0 unspecified atom stereocenters. The van der Waals surface area contributed by atoms with Crippen LogP contribution >= 0.6 is 11.3 Å². The summed E-state index contributed by atoms with van der Waals surface area (Å²) in [5.74, 6) is 0. The summed E-state index contributed by atoms with van der Waals surface area (Å²) in [5, 5.41) is 0.669. The Hall–Kier alpha value is -0.690. The van der Waals surface area contributed by atoms with E-state index >= 15 is 0 Å². The van der Waals surface area contributed by atoms with Gasteiger partial charge in [0.2, 0.25) is 0 Å². The zero-order valence-corrected chi connectivity index (χ0v) is 12.9. The van der Waals surface area contributed by atoms with Crippen LogP contribution in [0.5, 0.6) is 0 Å². The van der Waals surface area contributed by atoms with Crippen LogP contribution in [-0.2, 0) is 11.3 Å². The number of fused-ring (bicyclic) bond motifs is 1. The van der Waals surface area contributed by atoms with Crippen LogP contribution < -0.4 is 5.73 Å². The van der Waals surface area contributed by atoms with Crippen LogP contribution in [0.3, 0.4) is 0 Å². The minimum absolute atomic E-state index is 0.555. The molecule has 3 heterocycles. The van der Waals surface area contributed by atoms with E-state index < -0.39 is 0 Å². The van der Waals surface area contributed by atoms with Gasteiger partial charge in [-0.3, -0.25) is 9.80 Å². The van der Waals surface area contributed by atoms with Crippen molar-refractivity contribution in [2.75, 3.05) is 38.6 Å². The first kappa shape index (κ1) is 14.3. The zero-order valence-electron chi connectivity index (χ0n) is 12.1. The Balaban J connectivity index is 1.58. The molecule has 1 aromatic rings. The lowest BCUT2D eigenvalue weighted by molar-refractivity contribution is -0.0839. The summed E-state index contributed by atoms with van der Waals surface area (Å²) in [7, 11) is 0. The molecule has 0 aliphatic carbocycles. The molecule has 0 spiro atoms. The molecule has 2 atom stereocenters. The van der Waals surface area contributed by atoms with Crippen LogP contribution in [0.25, 0.3) is 0 Å². The van der Waals surface area contributed by atoms with E-state index in [2.05, 4.69) is 21.7 Å². The number of hydrogen-bond donors (Lipinski definition) is 1. The Bertz CT molecular complexity index is 437. The molecular formula is C14H24N4OS. The number of anilines is 1.